The fourth-order valence-electron chi connectivity index (χ4n) is 1.24. The van der Waals surface area contributed by atoms with Gasteiger partial charge in [0.25, 0.3) is 5.91 Å². The molecule has 0 aromatic rings. The van der Waals surface area contributed by atoms with Crippen LogP contribution in [0.5, 0.6) is 0 Å². The highest BCUT2D eigenvalue weighted by Crippen LogP contribution is 2.12. The molecule has 7 heteroatoms. The van der Waals surface area contributed by atoms with Crippen molar-refractivity contribution in [3.63, 3.8) is 0 Å². The lowest BCUT2D eigenvalue weighted by molar-refractivity contribution is -0.133. The van der Waals surface area contributed by atoms with Crippen LogP contribution in [0.1, 0.15) is 13.8 Å². The molecule has 16 heavy (non-hydrogen) atoms. The Morgan fingerprint density at radius 1 is 1.69 bits per heavy atom. The van der Waals surface area contributed by atoms with Gasteiger partial charge in [0.1, 0.15) is 5.84 Å². The molecule has 0 saturated heterocycles. The summed E-state index contributed by atoms with van der Waals surface area (Å²) in [4.78, 5) is 20.7. The molecule has 0 bridgehead atoms. The summed E-state index contributed by atoms with van der Waals surface area (Å²) < 4.78 is 5.27. The molecule has 1 heterocycles. The smallest absolute Gasteiger partial charge is 0.278 e. The highest BCUT2D eigenvalue weighted by Gasteiger charge is 2.30. The van der Waals surface area contributed by atoms with Crippen molar-refractivity contribution in [1.82, 2.24) is 4.90 Å². The van der Waals surface area contributed by atoms with E-state index in [0.29, 0.717) is 12.4 Å². The Morgan fingerprint density at radius 3 is 2.81 bits per heavy atom. The number of hydrogen-bond acceptors (Lipinski definition) is 6. The van der Waals surface area contributed by atoms with Crippen molar-refractivity contribution >= 4 is 17.7 Å². The Bertz CT molecular complexity index is 374. The molecule has 4 N–H and O–H groups in total. The summed E-state index contributed by atoms with van der Waals surface area (Å²) >= 11 is 0. The molecule has 0 aromatic carbocycles. The van der Waals surface area contributed by atoms with Gasteiger partial charge in [0.2, 0.25) is 12.3 Å². The number of guanidine groups is 1. The number of amides is 1. The molecule has 1 aliphatic heterocycles. The summed E-state index contributed by atoms with van der Waals surface area (Å²) in [6.07, 6.45) is -0.824. The maximum Gasteiger partial charge on any atom is 0.278 e. The molecular formula is C9H15N5O2. The predicted molar refractivity (Wildman–Crippen MR) is 60.3 cm³/mol. The van der Waals surface area contributed by atoms with Crippen molar-refractivity contribution in [1.29, 1.82) is 0 Å². The van der Waals surface area contributed by atoms with Crippen LogP contribution in [0, 0.1) is 0 Å². The summed E-state index contributed by atoms with van der Waals surface area (Å²) in [6, 6.07) is 0. The first-order valence-electron chi connectivity index (χ1n) is 4.75. The summed E-state index contributed by atoms with van der Waals surface area (Å²) in [5.74, 6) is -0.0406. The number of rotatable bonds is 3. The van der Waals surface area contributed by atoms with Crippen LogP contribution in [-0.4, -0.2) is 35.6 Å². The quantitative estimate of drug-likeness (QED) is 0.622. The van der Waals surface area contributed by atoms with Crippen LogP contribution in [0.25, 0.3) is 0 Å². The van der Waals surface area contributed by atoms with Crippen molar-refractivity contribution < 1.29 is 9.53 Å². The van der Waals surface area contributed by atoms with E-state index in [2.05, 4.69) is 16.6 Å². The van der Waals surface area contributed by atoms with E-state index in [1.54, 1.807) is 13.8 Å². The predicted octanol–water partition coefficient (Wildman–Crippen LogP) is -0.646. The largest absolute Gasteiger partial charge is 0.395 e. The molecular weight excluding hydrogens is 210 g/mol. The summed E-state index contributed by atoms with van der Waals surface area (Å²) in [6.45, 7) is 7.16. The minimum atomic E-state index is -0.824. The number of hydrogen-bond donors (Lipinski definition) is 2. The van der Waals surface area contributed by atoms with Gasteiger partial charge in [0.15, 0.2) is 0 Å². The lowest BCUT2D eigenvalue weighted by atomic mass is 10.4. The van der Waals surface area contributed by atoms with E-state index in [1.165, 1.54) is 4.90 Å². The summed E-state index contributed by atoms with van der Waals surface area (Å²) in [5, 5.41) is 0. The Balaban J connectivity index is 3.00. The molecule has 1 unspecified atom stereocenters. The molecule has 0 radical (unpaired) electrons. The Labute approximate surface area is 93.5 Å². The normalized spacial score (nSPS) is 20.1. The topological polar surface area (TPSA) is 106 Å². The molecule has 0 spiro atoms. The number of nitrogens with two attached hydrogens (primary N) is 2. The molecule has 1 aliphatic rings. The average molecular weight is 225 g/mol. The fourth-order valence-corrected chi connectivity index (χ4v) is 1.24. The SMILES string of the molecule is C=C(N)C(=O)N1C(C)=NC(N)=NC1OCC. The Hall–Kier alpha value is -1.89. The lowest BCUT2D eigenvalue weighted by Gasteiger charge is -2.30. The van der Waals surface area contributed by atoms with Crippen molar-refractivity contribution in [2.75, 3.05) is 6.61 Å². The molecule has 1 atom stereocenters. The first-order valence-corrected chi connectivity index (χ1v) is 4.75. The van der Waals surface area contributed by atoms with E-state index < -0.39 is 12.3 Å². The van der Waals surface area contributed by atoms with Gasteiger partial charge >= 0.3 is 0 Å². The van der Waals surface area contributed by atoms with Crippen molar-refractivity contribution in [3.05, 3.63) is 12.3 Å². The Kier molecular flexibility index (Phi) is 3.62. The standard InChI is InChI=1S/C9H15N5O2/c1-4-16-9-13-8(11)12-6(3)14(9)7(15)5(2)10/h9H,2,4,10H2,1,3H3,(H2,11,13). The van der Waals surface area contributed by atoms with E-state index in [1.807, 2.05) is 0 Å². The van der Waals surface area contributed by atoms with E-state index >= 15 is 0 Å². The van der Waals surface area contributed by atoms with Crippen LogP contribution in [0.2, 0.25) is 0 Å². The number of carbonyl (C=O) groups is 1. The second kappa shape index (κ2) is 4.75. The third kappa shape index (κ3) is 2.37. The van der Waals surface area contributed by atoms with Crippen LogP contribution in [0.15, 0.2) is 22.3 Å². The number of nitrogens with zero attached hydrogens (tertiary/aromatic N) is 3. The van der Waals surface area contributed by atoms with E-state index in [9.17, 15) is 4.79 Å². The number of carbonyl (C=O) groups excluding carboxylic acids is 1. The van der Waals surface area contributed by atoms with Gasteiger partial charge in [-0.1, -0.05) is 6.58 Å². The number of amidine groups is 1. The minimum absolute atomic E-state index is 0.0719. The molecule has 0 fully saturated rings. The van der Waals surface area contributed by atoms with Gasteiger partial charge < -0.3 is 16.2 Å². The van der Waals surface area contributed by atoms with E-state index in [4.69, 9.17) is 16.2 Å². The maximum absolute atomic E-state index is 11.7. The Morgan fingerprint density at radius 2 is 2.31 bits per heavy atom. The van der Waals surface area contributed by atoms with Gasteiger partial charge in [-0.05, 0) is 13.8 Å². The van der Waals surface area contributed by atoms with Crippen molar-refractivity contribution in [2.24, 2.45) is 21.5 Å². The third-order valence-corrected chi connectivity index (χ3v) is 1.90. The van der Waals surface area contributed by atoms with Crippen LogP contribution in [-0.2, 0) is 9.53 Å². The van der Waals surface area contributed by atoms with E-state index in [0.717, 1.165) is 0 Å². The van der Waals surface area contributed by atoms with Gasteiger partial charge in [0, 0.05) is 6.61 Å². The van der Waals surface area contributed by atoms with Gasteiger partial charge in [0.05, 0.1) is 5.70 Å². The zero-order chi connectivity index (χ0) is 12.3. The highest BCUT2D eigenvalue weighted by atomic mass is 16.5. The highest BCUT2D eigenvalue weighted by molar-refractivity contribution is 6.08. The zero-order valence-corrected chi connectivity index (χ0v) is 9.30. The van der Waals surface area contributed by atoms with Crippen LogP contribution in [0.4, 0.5) is 0 Å². The van der Waals surface area contributed by atoms with Gasteiger partial charge in [-0.15, -0.1) is 0 Å². The molecule has 1 amide bonds. The van der Waals surface area contributed by atoms with E-state index in [-0.39, 0.29) is 11.7 Å². The first kappa shape index (κ1) is 12.2. The first-order chi connectivity index (χ1) is 7.47. The second-order valence-electron chi connectivity index (χ2n) is 3.13. The van der Waals surface area contributed by atoms with Crippen molar-refractivity contribution in [2.45, 2.75) is 20.2 Å². The molecule has 0 saturated carbocycles. The molecule has 88 valence electrons. The monoisotopic (exact) mass is 225 g/mol. The fraction of sp³-hybridized carbons (Fsp3) is 0.444. The average Bonchev–Trinajstić information content (AvgIpc) is 2.16. The molecule has 0 aliphatic carbocycles. The van der Waals surface area contributed by atoms with Gasteiger partial charge in [-0.3, -0.25) is 4.79 Å². The van der Waals surface area contributed by atoms with Gasteiger partial charge in [-0.25, -0.2) is 9.89 Å². The third-order valence-electron chi connectivity index (χ3n) is 1.90. The second-order valence-corrected chi connectivity index (χ2v) is 3.13. The van der Waals surface area contributed by atoms with Crippen LogP contribution < -0.4 is 11.5 Å². The minimum Gasteiger partial charge on any atom is -0.395 e. The van der Waals surface area contributed by atoms with Crippen molar-refractivity contribution in [3.8, 4) is 0 Å². The lowest BCUT2D eigenvalue weighted by Crippen LogP contribution is -2.49. The molecule has 0 aromatic heterocycles. The molecule has 7 nitrogen and oxygen atoms in total. The number of ether oxygens (including phenoxy) is 1. The maximum atomic E-state index is 11.7. The summed E-state index contributed by atoms with van der Waals surface area (Å²) in [5.41, 5.74) is 10.7. The van der Waals surface area contributed by atoms with Gasteiger partial charge in [-0.2, -0.15) is 4.99 Å². The van der Waals surface area contributed by atoms with Crippen LogP contribution in [0.3, 0.4) is 0 Å². The van der Waals surface area contributed by atoms with Crippen LogP contribution >= 0.6 is 0 Å². The summed E-state index contributed by atoms with van der Waals surface area (Å²) in [7, 11) is 0. The zero-order valence-electron chi connectivity index (χ0n) is 9.30. The number of aliphatic imine (C=N–C) groups is 2. The molecule has 1 rings (SSSR count).